The van der Waals surface area contributed by atoms with Crippen LogP contribution in [0.3, 0.4) is 0 Å². The fraction of sp³-hybridized carbons (Fsp3) is 0.154. The van der Waals surface area contributed by atoms with Crippen LogP contribution >= 0.6 is 11.3 Å². The molecule has 0 N–H and O–H groups in total. The van der Waals surface area contributed by atoms with Crippen molar-refractivity contribution in [2.75, 3.05) is 20.8 Å². The van der Waals surface area contributed by atoms with Gasteiger partial charge in [-0.15, -0.1) is 0 Å². The van der Waals surface area contributed by atoms with E-state index >= 15 is 0 Å². The SMILES string of the molecule is CCOC(=O)C1=C(c2ccccc2)N=c2s/c(=C\c3cn(Cc4ccccc4)c4ccccc34)c(=O)n2[C@H]1c1ccc(OC)cc1OC. The van der Waals surface area contributed by atoms with Crippen LogP contribution in [0.2, 0.25) is 0 Å². The highest BCUT2D eigenvalue weighted by molar-refractivity contribution is 7.07. The van der Waals surface area contributed by atoms with Crippen molar-refractivity contribution in [2.24, 2.45) is 4.99 Å². The lowest BCUT2D eigenvalue weighted by Gasteiger charge is -2.27. The van der Waals surface area contributed by atoms with Gasteiger partial charge in [0.25, 0.3) is 5.56 Å². The minimum absolute atomic E-state index is 0.161. The number of esters is 1. The van der Waals surface area contributed by atoms with Crippen molar-refractivity contribution in [2.45, 2.75) is 19.5 Å². The van der Waals surface area contributed by atoms with Gasteiger partial charge in [-0.1, -0.05) is 90.2 Å². The van der Waals surface area contributed by atoms with E-state index in [1.165, 1.54) is 16.9 Å². The Hall–Kier alpha value is -5.67. The third-order valence-electron chi connectivity index (χ3n) is 8.41. The first-order valence-corrected chi connectivity index (χ1v) is 16.4. The molecule has 3 heterocycles. The fourth-order valence-corrected chi connectivity index (χ4v) is 7.21. The molecule has 4 aromatic carbocycles. The zero-order chi connectivity index (χ0) is 33.2. The molecule has 0 radical (unpaired) electrons. The van der Waals surface area contributed by atoms with E-state index in [1.807, 2.05) is 72.8 Å². The molecule has 0 saturated carbocycles. The Morgan fingerprint density at radius 1 is 0.917 bits per heavy atom. The number of carbonyl (C=O) groups excluding carboxylic acids is 1. The van der Waals surface area contributed by atoms with Crippen molar-refractivity contribution in [3.05, 3.63) is 157 Å². The average Bonchev–Trinajstić information content (AvgIpc) is 3.63. The van der Waals surface area contributed by atoms with E-state index in [0.717, 1.165) is 22.0 Å². The molecule has 0 bridgehead atoms. The van der Waals surface area contributed by atoms with E-state index in [4.69, 9.17) is 19.2 Å². The number of aromatic nitrogens is 2. The number of methoxy groups -OCH3 is 2. The van der Waals surface area contributed by atoms with Crippen molar-refractivity contribution in [1.82, 2.24) is 9.13 Å². The van der Waals surface area contributed by atoms with Crippen LogP contribution in [-0.4, -0.2) is 35.9 Å². The van der Waals surface area contributed by atoms with Gasteiger partial charge < -0.3 is 18.8 Å². The number of benzene rings is 4. The van der Waals surface area contributed by atoms with E-state index in [9.17, 15) is 9.59 Å². The Morgan fingerprint density at radius 3 is 2.38 bits per heavy atom. The van der Waals surface area contributed by atoms with Crippen molar-refractivity contribution >= 4 is 40.0 Å². The molecule has 8 nitrogen and oxygen atoms in total. The second-order valence-electron chi connectivity index (χ2n) is 11.3. The summed E-state index contributed by atoms with van der Waals surface area (Å²) in [6.07, 6.45) is 4.01. The number of carbonyl (C=O) groups is 1. The number of ether oxygens (including phenoxy) is 3. The van der Waals surface area contributed by atoms with E-state index in [0.29, 0.717) is 38.6 Å². The van der Waals surface area contributed by atoms with Crippen LogP contribution in [-0.2, 0) is 16.1 Å². The van der Waals surface area contributed by atoms with Crippen molar-refractivity contribution in [3.8, 4) is 11.5 Å². The molecule has 0 spiro atoms. The zero-order valence-electron chi connectivity index (χ0n) is 26.8. The Kier molecular flexibility index (Phi) is 8.52. The van der Waals surface area contributed by atoms with Crippen LogP contribution < -0.4 is 24.4 Å². The lowest BCUT2D eigenvalue weighted by molar-refractivity contribution is -0.138. The summed E-state index contributed by atoms with van der Waals surface area (Å²) in [5.41, 5.74) is 4.94. The maximum absolute atomic E-state index is 14.6. The van der Waals surface area contributed by atoms with Gasteiger partial charge in [-0.3, -0.25) is 9.36 Å². The summed E-state index contributed by atoms with van der Waals surface area (Å²) in [6.45, 7) is 2.61. The summed E-state index contributed by atoms with van der Waals surface area (Å²) in [5, 5.41) is 1.03. The lowest BCUT2D eigenvalue weighted by atomic mass is 9.92. The van der Waals surface area contributed by atoms with Gasteiger partial charge in [0.1, 0.15) is 17.5 Å². The largest absolute Gasteiger partial charge is 0.497 e. The van der Waals surface area contributed by atoms with Crippen LogP contribution in [0.15, 0.2) is 125 Å². The van der Waals surface area contributed by atoms with Gasteiger partial charge in [-0.2, -0.15) is 0 Å². The standard InChI is InChI=1S/C39H33N3O5S/c1-4-47-38(44)34-35(26-15-9-6-10-16-26)40-39-42(36(34)30-20-19-28(45-2)22-32(30)46-3)37(43)33(48-39)21-27-24-41(23-25-13-7-5-8-14-25)31-18-12-11-17-29(27)31/h5-22,24,36H,4,23H2,1-3H3/b33-21-/t36-/m0/s1. The third-order valence-corrected chi connectivity index (χ3v) is 9.39. The molecular formula is C39H33N3O5S. The van der Waals surface area contributed by atoms with Gasteiger partial charge >= 0.3 is 5.97 Å². The van der Waals surface area contributed by atoms with Crippen molar-refractivity contribution in [3.63, 3.8) is 0 Å². The smallest absolute Gasteiger partial charge is 0.338 e. The monoisotopic (exact) mass is 655 g/mol. The normalized spacial score (nSPS) is 14.5. The molecule has 1 aliphatic heterocycles. The first kappa shape index (κ1) is 31.0. The van der Waals surface area contributed by atoms with Crippen LogP contribution in [0.1, 0.15) is 35.2 Å². The van der Waals surface area contributed by atoms with Gasteiger partial charge in [-0.05, 0) is 36.8 Å². The summed E-state index contributed by atoms with van der Waals surface area (Å²) in [6, 6.07) is 32.4. The predicted molar refractivity (Wildman–Crippen MR) is 188 cm³/mol. The number of hydrogen-bond acceptors (Lipinski definition) is 7. The topological polar surface area (TPSA) is 84.1 Å². The van der Waals surface area contributed by atoms with Gasteiger partial charge in [0.2, 0.25) is 0 Å². The Bertz CT molecular complexity index is 2350. The summed E-state index contributed by atoms with van der Waals surface area (Å²) in [4.78, 5) is 33.9. The predicted octanol–water partition coefficient (Wildman–Crippen LogP) is 5.96. The van der Waals surface area contributed by atoms with Crippen LogP contribution in [0.4, 0.5) is 0 Å². The second-order valence-corrected chi connectivity index (χ2v) is 12.3. The lowest BCUT2D eigenvalue weighted by Crippen LogP contribution is -2.40. The Balaban J connectivity index is 1.48. The molecule has 0 unspecified atom stereocenters. The first-order chi connectivity index (χ1) is 23.5. The van der Waals surface area contributed by atoms with Crippen molar-refractivity contribution in [1.29, 1.82) is 0 Å². The fourth-order valence-electron chi connectivity index (χ4n) is 6.22. The first-order valence-electron chi connectivity index (χ1n) is 15.6. The number of fused-ring (bicyclic) bond motifs is 2. The van der Waals surface area contributed by atoms with Crippen LogP contribution in [0, 0.1) is 0 Å². The highest BCUT2D eigenvalue weighted by Gasteiger charge is 2.37. The average molecular weight is 656 g/mol. The van der Waals surface area contributed by atoms with Crippen molar-refractivity contribution < 1.29 is 19.0 Å². The van der Waals surface area contributed by atoms with Gasteiger partial charge in [0.05, 0.1) is 36.6 Å². The molecule has 0 fully saturated rings. The third kappa shape index (κ3) is 5.62. The van der Waals surface area contributed by atoms with Gasteiger partial charge in [0.15, 0.2) is 4.80 Å². The number of nitrogens with zero attached hydrogens (tertiary/aromatic N) is 3. The highest BCUT2D eigenvalue weighted by atomic mass is 32.1. The Labute approximate surface area is 281 Å². The number of rotatable bonds is 9. The maximum Gasteiger partial charge on any atom is 0.338 e. The van der Waals surface area contributed by atoms with Crippen LogP contribution in [0.25, 0.3) is 22.7 Å². The Morgan fingerprint density at radius 2 is 1.65 bits per heavy atom. The molecule has 0 amide bonds. The molecule has 9 heteroatoms. The minimum atomic E-state index is -0.877. The number of hydrogen-bond donors (Lipinski definition) is 0. The number of thiazole rings is 1. The molecule has 1 aliphatic rings. The van der Waals surface area contributed by atoms with E-state index in [-0.39, 0.29) is 17.7 Å². The van der Waals surface area contributed by atoms with E-state index in [2.05, 4.69) is 35.0 Å². The zero-order valence-corrected chi connectivity index (χ0v) is 27.6. The summed E-state index contributed by atoms with van der Waals surface area (Å²) >= 11 is 1.29. The molecule has 48 heavy (non-hydrogen) atoms. The molecule has 2 aromatic heterocycles. The molecule has 240 valence electrons. The second kappa shape index (κ2) is 13.2. The summed E-state index contributed by atoms with van der Waals surface area (Å²) in [7, 11) is 3.13. The molecule has 6 aromatic rings. The minimum Gasteiger partial charge on any atom is -0.497 e. The maximum atomic E-state index is 14.6. The van der Waals surface area contributed by atoms with Gasteiger partial charge in [0, 0.05) is 46.4 Å². The molecular weight excluding hydrogens is 623 g/mol. The summed E-state index contributed by atoms with van der Waals surface area (Å²) < 4.78 is 21.2. The molecule has 1 atom stereocenters. The van der Waals surface area contributed by atoms with Crippen LogP contribution in [0.5, 0.6) is 11.5 Å². The highest BCUT2D eigenvalue weighted by Crippen LogP contribution is 2.40. The van der Waals surface area contributed by atoms with E-state index < -0.39 is 12.0 Å². The number of para-hydroxylation sites is 1. The molecule has 7 rings (SSSR count). The van der Waals surface area contributed by atoms with E-state index in [1.54, 1.807) is 37.8 Å². The quantitative estimate of drug-likeness (QED) is 0.180. The molecule has 0 saturated heterocycles. The summed E-state index contributed by atoms with van der Waals surface area (Å²) in [5.74, 6) is 0.495. The van der Waals surface area contributed by atoms with Gasteiger partial charge in [-0.25, -0.2) is 9.79 Å². The molecule has 0 aliphatic carbocycles.